The lowest BCUT2D eigenvalue weighted by Gasteiger charge is -2.29. The largest absolute Gasteiger partial charge is 0.335 e. The number of rotatable bonds is 5. The summed E-state index contributed by atoms with van der Waals surface area (Å²) in [5.74, 6) is 0. The summed E-state index contributed by atoms with van der Waals surface area (Å²) < 4.78 is 2.51. The van der Waals surface area contributed by atoms with Crippen molar-refractivity contribution in [1.82, 2.24) is 4.57 Å². The summed E-state index contributed by atoms with van der Waals surface area (Å²) in [4.78, 5) is 2.45. The van der Waals surface area contributed by atoms with E-state index in [2.05, 4.69) is 220 Å². The Hall–Kier alpha value is -6.38. The molecule has 266 valence electrons. The Morgan fingerprint density at radius 3 is 1.84 bits per heavy atom. The number of fused-ring (bicyclic) bond motifs is 7. The first-order valence-electron chi connectivity index (χ1n) is 19.4. The number of nitrogens with zero attached hydrogens (tertiary/aromatic N) is 2. The van der Waals surface area contributed by atoms with Crippen LogP contribution in [0.3, 0.4) is 0 Å². The normalized spacial score (nSPS) is 13.3. The first-order valence-corrected chi connectivity index (χ1v) is 19.4. The van der Waals surface area contributed by atoms with Gasteiger partial charge in [-0.3, -0.25) is 0 Å². The van der Waals surface area contributed by atoms with Crippen LogP contribution in [0, 0.1) is 0 Å². The molecule has 0 aliphatic heterocycles. The molecule has 0 bridgehead atoms. The van der Waals surface area contributed by atoms with Gasteiger partial charge in [-0.15, -0.1) is 0 Å². The third-order valence-corrected chi connectivity index (χ3v) is 11.8. The van der Waals surface area contributed by atoms with Crippen molar-refractivity contribution in [3.8, 4) is 33.4 Å². The summed E-state index contributed by atoms with van der Waals surface area (Å²) in [6.45, 7) is 11.6. The lowest BCUT2D eigenvalue weighted by molar-refractivity contribution is 0.423. The fourth-order valence-corrected chi connectivity index (χ4v) is 9.32. The molecule has 2 nitrogen and oxygen atoms in total. The Balaban J connectivity index is 1.17. The molecule has 0 radical (unpaired) electrons. The van der Waals surface area contributed by atoms with Crippen LogP contribution in [-0.2, 0) is 11.0 Å². The third kappa shape index (κ3) is 5.23. The maximum absolute atomic E-state index is 2.51. The van der Waals surface area contributed by atoms with Crippen LogP contribution in [0.15, 0.2) is 176 Å². The van der Waals surface area contributed by atoms with Crippen LogP contribution in [0.4, 0.5) is 17.1 Å². The van der Waals surface area contributed by atoms with Crippen molar-refractivity contribution in [2.75, 3.05) is 4.90 Å². The topological polar surface area (TPSA) is 8.17 Å². The Morgan fingerprint density at radius 2 is 1.04 bits per heavy atom. The highest BCUT2D eigenvalue weighted by atomic mass is 15.1. The Bertz CT molecular complexity index is 2920. The van der Waals surface area contributed by atoms with Crippen LogP contribution < -0.4 is 4.90 Å². The smallest absolute Gasteiger partial charge is 0.0517 e. The molecule has 0 atom stereocenters. The molecule has 0 N–H and O–H groups in total. The molecular formula is C53H44N2. The van der Waals surface area contributed by atoms with E-state index in [9.17, 15) is 0 Å². The SMILES string of the molecule is CC1(C)c2ccccc2-c2ccc(N(c3ccc(-c4ccc5ccccc5c4-c4ccccc4)cc3)c3ccc4c5ccccc5n(C(C)(C)C)c4c3)cc21. The highest BCUT2D eigenvalue weighted by Gasteiger charge is 2.36. The van der Waals surface area contributed by atoms with E-state index in [1.54, 1.807) is 0 Å². The summed E-state index contributed by atoms with van der Waals surface area (Å²) in [7, 11) is 0. The van der Waals surface area contributed by atoms with Gasteiger partial charge in [0, 0.05) is 44.3 Å². The number of para-hydroxylation sites is 1. The summed E-state index contributed by atoms with van der Waals surface area (Å²) in [5, 5.41) is 5.08. The molecule has 1 heterocycles. The monoisotopic (exact) mass is 708 g/mol. The zero-order valence-electron chi connectivity index (χ0n) is 32.1. The van der Waals surface area contributed by atoms with E-state index < -0.39 is 0 Å². The molecule has 0 saturated carbocycles. The van der Waals surface area contributed by atoms with Crippen LogP contribution >= 0.6 is 0 Å². The van der Waals surface area contributed by atoms with Gasteiger partial charge in [0.15, 0.2) is 0 Å². The molecule has 1 aromatic heterocycles. The van der Waals surface area contributed by atoms with Gasteiger partial charge in [-0.25, -0.2) is 0 Å². The molecule has 1 aliphatic carbocycles. The molecule has 0 spiro atoms. The molecular weight excluding hydrogens is 665 g/mol. The third-order valence-electron chi connectivity index (χ3n) is 11.8. The summed E-state index contributed by atoms with van der Waals surface area (Å²) >= 11 is 0. The minimum atomic E-state index is -0.107. The summed E-state index contributed by atoms with van der Waals surface area (Å²) in [5.41, 5.74) is 16.0. The van der Waals surface area contributed by atoms with Gasteiger partial charge in [-0.2, -0.15) is 0 Å². The predicted octanol–water partition coefficient (Wildman–Crippen LogP) is 14.8. The molecule has 1 aliphatic rings. The van der Waals surface area contributed by atoms with Gasteiger partial charge in [0.05, 0.1) is 5.52 Å². The van der Waals surface area contributed by atoms with Gasteiger partial charge >= 0.3 is 0 Å². The second-order valence-electron chi connectivity index (χ2n) is 16.6. The first-order chi connectivity index (χ1) is 26.7. The Morgan fingerprint density at radius 1 is 0.436 bits per heavy atom. The minimum absolute atomic E-state index is 0.105. The second-order valence-corrected chi connectivity index (χ2v) is 16.6. The van der Waals surface area contributed by atoms with Gasteiger partial charge in [-0.1, -0.05) is 147 Å². The van der Waals surface area contributed by atoms with E-state index in [0.29, 0.717) is 0 Å². The first kappa shape index (κ1) is 33.2. The number of hydrogen-bond donors (Lipinski definition) is 0. The van der Waals surface area contributed by atoms with E-state index in [0.717, 1.165) is 17.1 Å². The quantitative estimate of drug-likeness (QED) is 0.173. The lowest BCUT2D eigenvalue weighted by atomic mass is 9.82. The number of benzene rings is 8. The molecule has 9 aromatic rings. The number of aromatic nitrogens is 1. The van der Waals surface area contributed by atoms with Gasteiger partial charge in [0.25, 0.3) is 0 Å². The van der Waals surface area contributed by atoms with Gasteiger partial charge in [-0.05, 0) is 119 Å². The number of anilines is 3. The predicted molar refractivity (Wildman–Crippen MR) is 235 cm³/mol. The fourth-order valence-electron chi connectivity index (χ4n) is 9.32. The maximum Gasteiger partial charge on any atom is 0.0517 e. The molecule has 8 aromatic carbocycles. The standard InChI is InChI=1S/C53H44N2/c1-52(2,3)55-49-22-14-12-20-45(49)46-32-29-40(34-50(46)55)54(39-28-31-44-43-19-11-13-21-47(43)53(4,5)48(44)33-39)38-26-23-36(24-27-38)42-30-25-35-15-9-10-18-41(35)51(42)37-16-7-6-8-17-37/h6-34H,1-5H3. The van der Waals surface area contributed by atoms with E-state index in [-0.39, 0.29) is 11.0 Å². The van der Waals surface area contributed by atoms with Gasteiger partial charge in [0.1, 0.15) is 0 Å². The minimum Gasteiger partial charge on any atom is -0.335 e. The van der Waals surface area contributed by atoms with Crippen LogP contribution in [0.1, 0.15) is 45.7 Å². The van der Waals surface area contributed by atoms with Crippen molar-refractivity contribution >= 4 is 49.6 Å². The van der Waals surface area contributed by atoms with Crippen molar-refractivity contribution in [3.63, 3.8) is 0 Å². The van der Waals surface area contributed by atoms with E-state index in [1.807, 2.05) is 0 Å². The average molecular weight is 709 g/mol. The molecule has 2 heteroatoms. The van der Waals surface area contributed by atoms with Crippen molar-refractivity contribution in [2.45, 2.75) is 45.6 Å². The Labute approximate surface area is 323 Å². The highest BCUT2D eigenvalue weighted by Crippen LogP contribution is 2.51. The van der Waals surface area contributed by atoms with Crippen LogP contribution in [0.5, 0.6) is 0 Å². The van der Waals surface area contributed by atoms with Gasteiger partial charge in [0.2, 0.25) is 0 Å². The molecule has 0 saturated heterocycles. The zero-order chi connectivity index (χ0) is 37.5. The summed E-state index contributed by atoms with van der Waals surface area (Å²) in [6, 6.07) is 65.1. The van der Waals surface area contributed by atoms with Crippen molar-refractivity contribution in [3.05, 3.63) is 187 Å². The maximum atomic E-state index is 2.51. The fraction of sp³-hybridized carbons (Fsp3) is 0.132. The van der Waals surface area contributed by atoms with Crippen molar-refractivity contribution in [2.24, 2.45) is 0 Å². The van der Waals surface area contributed by atoms with Crippen LogP contribution in [0.25, 0.3) is 66.0 Å². The van der Waals surface area contributed by atoms with E-state index in [1.165, 1.54) is 77.1 Å². The molecule has 0 amide bonds. The molecule has 10 rings (SSSR count). The lowest BCUT2D eigenvalue weighted by Crippen LogP contribution is -2.21. The van der Waals surface area contributed by atoms with Crippen molar-refractivity contribution in [1.29, 1.82) is 0 Å². The number of hydrogen-bond acceptors (Lipinski definition) is 1. The highest BCUT2D eigenvalue weighted by molar-refractivity contribution is 6.10. The average Bonchev–Trinajstić information content (AvgIpc) is 3.66. The van der Waals surface area contributed by atoms with Crippen LogP contribution in [0.2, 0.25) is 0 Å². The van der Waals surface area contributed by atoms with E-state index in [4.69, 9.17) is 0 Å². The van der Waals surface area contributed by atoms with E-state index >= 15 is 0 Å². The zero-order valence-corrected chi connectivity index (χ0v) is 32.1. The summed E-state index contributed by atoms with van der Waals surface area (Å²) in [6.07, 6.45) is 0. The van der Waals surface area contributed by atoms with Gasteiger partial charge < -0.3 is 9.47 Å². The molecule has 55 heavy (non-hydrogen) atoms. The van der Waals surface area contributed by atoms with Crippen LogP contribution in [-0.4, -0.2) is 4.57 Å². The Kier molecular flexibility index (Phi) is 7.44. The molecule has 0 fully saturated rings. The second kappa shape index (κ2) is 12.3. The van der Waals surface area contributed by atoms with Crippen molar-refractivity contribution < 1.29 is 0 Å². The molecule has 0 unspecified atom stereocenters.